The first-order chi connectivity index (χ1) is 18.0. The van der Waals surface area contributed by atoms with Crippen LogP contribution in [0.25, 0.3) is 0 Å². The summed E-state index contributed by atoms with van der Waals surface area (Å²) in [5, 5.41) is 8.47. The fourth-order valence-electron chi connectivity index (χ4n) is 5.79. The molecule has 0 spiro atoms. The molecule has 37 heavy (non-hydrogen) atoms. The zero-order chi connectivity index (χ0) is 25.8. The molecule has 0 radical (unpaired) electrons. The zero-order valence-corrected chi connectivity index (χ0v) is 21.6. The van der Waals surface area contributed by atoms with E-state index in [0.717, 1.165) is 24.9 Å². The first kappa shape index (κ1) is 25.5. The largest absolute Gasteiger partial charge is 0.344 e. The number of Topliss-reactive ketones (excluding diaryl/α,β-unsaturated/α-hetero) is 1. The van der Waals surface area contributed by atoms with E-state index in [2.05, 4.69) is 15.6 Å². The number of aromatic nitrogens is 1. The van der Waals surface area contributed by atoms with Gasteiger partial charge >= 0.3 is 0 Å². The zero-order valence-electron chi connectivity index (χ0n) is 20.8. The third-order valence-corrected chi connectivity index (χ3v) is 8.49. The van der Waals surface area contributed by atoms with Crippen molar-refractivity contribution in [2.45, 2.75) is 56.7 Å². The monoisotopic (exact) mass is 523 g/mol. The van der Waals surface area contributed by atoms with Crippen molar-refractivity contribution in [1.29, 1.82) is 0 Å². The molecule has 3 fully saturated rings. The number of hydrogen-bond acceptors (Lipinski definition) is 7. The van der Waals surface area contributed by atoms with Gasteiger partial charge in [-0.1, -0.05) is 30.3 Å². The number of fused-ring (bicyclic) bond motifs is 1. The van der Waals surface area contributed by atoms with Crippen molar-refractivity contribution in [3.63, 3.8) is 0 Å². The Bertz CT molecular complexity index is 1120. The van der Waals surface area contributed by atoms with Gasteiger partial charge in [0.15, 0.2) is 5.01 Å². The third-order valence-electron chi connectivity index (χ3n) is 7.70. The number of nitrogens with one attached hydrogen (secondary N) is 2. The summed E-state index contributed by atoms with van der Waals surface area (Å²) in [5.41, 5.74) is 1.09. The van der Waals surface area contributed by atoms with Gasteiger partial charge in [-0.3, -0.25) is 19.2 Å². The van der Waals surface area contributed by atoms with E-state index in [1.165, 1.54) is 11.3 Å². The van der Waals surface area contributed by atoms with Crippen LogP contribution in [-0.2, 0) is 20.8 Å². The number of nitrogens with zero attached hydrogens (tertiary/aromatic N) is 3. The average molecular weight is 524 g/mol. The number of benzene rings is 1. The molecular formula is C27H33N5O4S. The van der Waals surface area contributed by atoms with Crippen molar-refractivity contribution >= 4 is 34.8 Å². The van der Waals surface area contributed by atoms with Crippen molar-refractivity contribution in [3.8, 4) is 0 Å². The van der Waals surface area contributed by atoms with Crippen LogP contribution in [0.15, 0.2) is 41.9 Å². The molecule has 3 amide bonds. The van der Waals surface area contributed by atoms with Crippen LogP contribution in [0.4, 0.5) is 0 Å². The first-order valence-corrected chi connectivity index (χ1v) is 14.0. The van der Waals surface area contributed by atoms with Gasteiger partial charge in [0.2, 0.25) is 23.5 Å². The maximum absolute atomic E-state index is 13.5. The van der Waals surface area contributed by atoms with E-state index in [4.69, 9.17) is 0 Å². The van der Waals surface area contributed by atoms with Crippen LogP contribution >= 0.6 is 11.3 Å². The van der Waals surface area contributed by atoms with Crippen LogP contribution in [-0.4, -0.2) is 82.6 Å². The lowest BCUT2D eigenvalue weighted by Crippen LogP contribution is -2.61. The first-order valence-electron chi connectivity index (χ1n) is 13.1. The van der Waals surface area contributed by atoms with Crippen LogP contribution < -0.4 is 10.6 Å². The van der Waals surface area contributed by atoms with E-state index in [-0.39, 0.29) is 42.0 Å². The Morgan fingerprint density at radius 1 is 1.16 bits per heavy atom. The molecule has 9 nitrogen and oxygen atoms in total. The van der Waals surface area contributed by atoms with Gasteiger partial charge in [0.25, 0.3) is 0 Å². The lowest BCUT2D eigenvalue weighted by atomic mass is 9.89. The minimum absolute atomic E-state index is 0.0120. The summed E-state index contributed by atoms with van der Waals surface area (Å²) in [6.07, 6.45) is 5.53. The van der Waals surface area contributed by atoms with Gasteiger partial charge in [0.1, 0.15) is 6.04 Å². The number of piperidine rings is 1. The Labute approximate surface area is 220 Å². The predicted molar refractivity (Wildman–Crippen MR) is 139 cm³/mol. The molecule has 3 aliphatic heterocycles. The molecule has 1 aromatic carbocycles. The number of thiazole rings is 1. The van der Waals surface area contributed by atoms with E-state index in [9.17, 15) is 19.2 Å². The van der Waals surface area contributed by atoms with Crippen molar-refractivity contribution in [2.24, 2.45) is 5.92 Å². The normalized spacial score (nSPS) is 24.4. The number of piperazine rings is 1. The Hall–Kier alpha value is -3.11. The van der Waals surface area contributed by atoms with Gasteiger partial charge in [-0.25, -0.2) is 4.98 Å². The van der Waals surface area contributed by atoms with Gasteiger partial charge in [-0.15, -0.1) is 11.3 Å². The standard InChI is InChI=1S/C27H33N5O4S/c33-22(11-8-18-5-2-1-3-6-18)31-16-20-9-10-21(32(20)23(34)17-31)26(36)30-24(19-7-4-12-28-15-19)25(35)27-29-13-14-37-27/h1-3,5-6,13-14,19-21,24,28H,4,7-12,15-17H2,(H,30,36). The Morgan fingerprint density at radius 3 is 2.73 bits per heavy atom. The summed E-state index contributed by atoms with van der Waals surface area (Å²) in [7, 11) is 0. The van der Waals surface area contributed by atoms with Crippen molar-refractivity contribution in [2.75, 3.05) is 26.2 Å². The fourth-order valence-corrected chi connectivity index (χ4v) is 6.41. The predicted octanol–water partition coefficient (Wildman–Crippen LogP) is 1.64. The van der Waals surface area contributed by atoms with E-state index in [1.54, 1.807) is 21.4 Å². The van der Waals surface area contributed by atoms with Gasteiger partial charge in [-0.05, 0) is 50.1 Å². The highest BCUT2D eigenvalue weighted by atomic mass is 32.1. The van der Waals surface area contributed by atoms with Crippen molar-refractivity contribution < 1.29 is 19.2 Å². The SMILES string of the molecule is O=C(c1nccs1)C(NC(=O)C1CCC2CN(C(=O)CCc3ccccc3)CC(=O)N21)C1CCCNC1. The molecule has 4 heterocycles. The van der Waals surface area contributed by atoms with Gasteiger partial charge in [0.05, 0.1) is 18.6 Å². The highest BCUT2D eigenvalue weighted by Gasteiger charge is 2.46. The molecule has 0 aliphatic carbocycles. The summed E-state index contributed by atoms with van der Waals surface area (Å²) in [5.74, 6) is -0.735. The smallest absolute Gasteiger partial charge is 0.243 e. The summed E-state index contributed by atoms with van der Waals surface area (Å²) >= 11 is 1.27. The van der Waals surface area contributed by atoms with E-state index >= 15 is 0 Å². The van der Waals surface area contributed by atoms with E-state index in [0.29, 0.717) is 43.8 Å². The molecule has 3 aliphatic rings. The molecule has 10 heteroatoms. The fraction of sp³-hybridized carbons (Fsp3) is 0.519. The lowest BCUT2D eigenvalue weighted by Gasteiger charge is -2.40. The van der Waals surface area contributed by atoms with Crippen molar-refractivity contribution in [3.05, 3.63) is 52.5 Å². The molecule has 4 atom stereocenters. The number of aryl methyl sites for hydroxylation is 1. The number of carbonyl (C=O) groups excluding carboxylic acids is 4. The Morgan fingerprint density at radius 2 is 2.00 bits per heavy atom. The minimum atomic E-state index is -0.679. The molecule has 0 saturated carbocycles. The maximum Gasteiger partial charge on any atom is 0.243 e. The molecule has 0 bridgehead atoms. The highest BCUT2D eigenvalue weighted by Crippen LogP contribution is 2.29. The summed E-state index contributed by atoms with van der Waals surface area (Å²) < 4.78 is 0. The van der Waals surface area contributed by atoms with Gasteiger partial charge < -0.3 is 20.4 Å². The second-order valence-electron chi connectivity index (χ2n) is 10.1. The second-order valence-corrected chi connectivity index (χ2v) is 11.0. The molecule has 1 aromatic heterocycles. The lowest BCUT2D eigenvalue weighted by molar-refractivity contribution is -0.151. The van der Waals surface area contributed by atoms with Crippen LogP contribution in [0.1, 0.15) is 47.5 Å². The molecule has 3 saturated heterocycles. The van der Waals surface area contributed by atoms with Crippen LogP contribution in [0, 0.1) is 5.92 Å². The quantitative estimate of drug-likeness (QED) is 0.509. The van der Waals surface area contributed by atoms with E-state index in [1.807, 2.05) is 30.3 Å². The number of amides is 3. The maximum atomic E-state index is 13.5. The number of hydrogen-bond donors (Lipinski definition) is 2. The van der Waals surface area contributed by atoms with E-state index < -0.39 is 12.1 Å². The molecule has 2 aromatic rings. The molecular weight excluding hydrogens is 490 g/mol. The summed E-state index contributed by atoms with van der Waals surface area (Å²) in [4.78, 5) is 60.2. The Balaban J connectivity index is 1.22. The molecule has 5 rings (SSSR count). The minimum Gasteiger partial charge on any atom is -0.344 e. The van der Waals surface area contributed by atoms with Crippen molar-refractivity contribution in [1.82, 2.24) is 25.4 Å². The van der Waals surface area contributed by atoms with Crippen LogP contribution in [0.5, 0.6) is 0 Å². The summed E-state index contributed by atoms with van der Waals surface area (Å²) in [6, 6.07) is 8.35. The second kappa shape index (κ2) is 11.5. The molecule has 4 unspecified atom stereocenters. The number of rotatable bonds is 8. The average Bonchev–Trinajstić information content (AvgIpc) is 3.62. The van der Waals surface area contributed by atoms with Gasteiger partial charge in [0, 0.05) is 31.1 Å². The Kier molecular flexibility index (Phi) is 7.95. The number of ketones is 1. The molecule has 196 valence electrons. The number of carbonyl (C=O) groups is 4. The highest BCUT2D eigenvalue weighted by molar-refractivity contribution is 7.11. The van der Waals surface area contributed by atoms with Crippen LogP contribution in [0.3, 0.4) is 0 Å². The molecule has 2 N–H and O–H groups in total. The van der Waals surface area contributed by atoms with Gasteiger partial charge in [-0.2, -0.15) is 0 Å². The topological polar surface area (TPSA) is 112 Å². The summed E-state index contributed by atoms with van der Waals surface area (Å²) in [6.45, 7) is 1.98. The van der Waals surface area contributed by atoms with Crippen LogP contribution in [0.2, 0.25) is 0 Å². The third kappa shape index (κ3) is 5.75.